The topological polar surface area (TPSA) is 75.6 Å². The van der Waals surface area contributed by atoms with Crippen molar-refractivity contribution < 1.29 is 19.4 Å². The highest BCUT2D eigenvalue weighted by atomic mass is 32.1. The third-order valence-corrected chi connectivity index (χ3v) is 3.51. The molecule has 0 radical (unpaired) electrons. The minimum absolute atomic E-state index is 0.0939. The Morgan fingerprint density at radius 1 is 1.17 bits per heavy atom. The number of benzene rings is 1. The number of carbonyl (C=O) groups is 2. The number of amides is 1. The number of carbonyl (C=O) groups excluding carboxylic acids is 1. The Kier molecular flexibility index (Phi) is 6.78. The van der Waals surface area contributed by atoms with Gasteiger partial charge in [-0.25, -0.2) is 9.59 Å². The van der Waals surface area contributed by atoms with Crippen molar-refractivity contribution in [3.05, 3.63) is 29.8 Å². The molecular formula is C18H25NO4S. The van der Waals surface area contributed by atoms with E-state index < -0.39 is 17.7 Å². The molecule has 2 aromatic rings. The van der Waals surface area contributed by atoms with Crippen LogP contribution in [0, 0.1) is 5.92 Å². The summed E-state index contributed by atoms with van der Waals surface area (Å²) in [6.07, 6.45) is -0.661. The fraction of sp³-hybridized carbons (Fsp3) is 0.444. The zero-order valence-corrected chi connectivity index (χ0v) is 15.8. The second-order valence-corrected chi connectivity index (χ2v) is 8.02. The highest BCUT2D eigenvalue weighted by molar-refractivity contribution is 7.23. The highest BCUT2D eigenvalue weighted by Crippen LogP contribution is 2.35. The lowest BCUT2D eigenvalue weighted by molar-refractivity contribution is 0.0636. The molecule has 0 bridgehead atoms. The first-order valence-electron chi connectivity index (χ1n) is 7.76. The molecule has 6 heteroatoms. The number of aromatic carboxylic acids is 1. The summed E-state index contributed by atoms with van der Waals surface area (Å²) in [6, 6.07) is 7.11. The van der Waals surface area contributed by atoms with Crippen LogP contribution in [0.2, 0.25) is 0 Å². The number of carboxylic acid groups (broad SMARTS) is 1. The van der Waals surface area contributed by atoms with Crippen molar-refractivity contribution in [2.45, 2.75) is 47.1 Å². The first kappa shape index (κ1) is 20.0. The number of thiophene rings is 1. The van der Waals surface area contributed by atoms with Crippen LogP contribution in [0.25, 0.3) is 10.1 Å². The number of hydrogen-bond donors (Lipinski definition) is 2. The molecule has 5 nitrogen and oxygen atoms in total. The summed E-state index contributed by atoms with van der Waals surface area (Å²) in [5, 5.41) is 12.7. The Morgan fingerprint density at radius 3 is 2.21 bits per heavy atom. The summed E-state index contributed by atoms with van der Waals surface area (Å²) in [6.45, 7) is 11.7. The summed E-state index contributed by atoms with van der Waals surface area (Å²) in [4.78, 5) is 23.1. The lowest BCUT2D eigenvalue weighted by Crippen LogP contribution is -2.27. The number of rotatable bonds is 2. The van der Waals surface area contributed by atoms with Gasteiger partial charge < -0.3 is 9.84 Å². The van der Waals surface area contributed by atoms with E-state index in [4.69, 9.17) is 4.74 Å². The average Bonchev–Trinajstić information content (AvgIpc) is 2.72. The van der Waals surface area contributed by atoms with E-state index in [-0.39, 0.29) is 10.6 Å². The molecule has 1 aromatic carbocycles. The second-order valence-electron chi connectivity index (χ2n) is 6.97. The van der Waals surface area contributed by atoms with E-state index in [1.807, 2.05) is 12.1 Å². The average molecular weight is 351 g/mol. The molecule has 1 heterocycles. The first-order valence-corrected chi connectivity index (χ1v) is 8.57. The molecule has 0 fully saturated rings. The SMILES string of the molecule is CC(C)(C)OC(=O)Nc1sc2ccccc2c1C(=O)O.CC(C)C. The normalized spacial score (nSPS) is 11.0. The smallest absolute Gasteiger partial charge is 0.412 e. The van der Waals surface area contributed by atoms with E-state index in [1.165, 1.54) is 11.3 Å². The van der Waals surface area contributed by atoms with E-state index in [0.29, 0.717) is 5.39 Å². The van der Waals surface area contributed by atoms with Crippen molar-refractivity contribution in [3.8, 4) is 0 Å². The molecule has 0 aliphatic carbocycles. The van der Waals surface area contributed by atoms with Crippen LogP contribution in [0.1, 0.15) is 51.9 Å². The molecule has 2 N–H and O–H groups in total. The van der Waals surface area contributed by atoms with Crippen LogP contribution in [0.4, 0.5) is 9.80 Å². The molecule has 0 aliphatic rings. The fourth-order valence-electron chi connectivity index (χ4n) is 1.74. The molecule has 2 rings (SSSR count). The van der Waals surface area contributed by atoms with Gasteiger partial charge in [-0.15, -0.1) is 11.3 Å². The Balaban J connectivity index is 0.000000648. The summed E-state index contributed by atoms with van der Waals surface area (Å²) in [7, 11) is 0. The van der Waals surface area contributed by atoms with Gasteiger partial charge in [-0.1, -0.05) is 39.0 Å². The standard InChI is InChI=1S/C14H15NO4S.C4H10/c1-14(2,3)19-13(18)15-11-10(12(16)17)8-6-4-5-7-9(8)20-11;1-4(2)3/h4-7H,1-3H3,(H,15,18)(H,16,17);4H,1-3H3. The quantitative estimate of drug-likeness (QED) is 0.737. The summed E-state index contributed by atoms with van der Waals surface area (Å²) >= 11 is 1.21. The molecule has 0 atom stereocenters. The van der Waals surface area contributed by atoms with Gasteiger partial charge in [0.2, 0.25) is 0 Å². The van der Waals surface area contributed by atoms with Crippen LogP contribution in [0.15, 0.2) is 24.3 Å². The number of anilines is 1. The van der Waals surface area contributed by atoms with Gasteiger partial charge in [0.1, 0.15) is 16.2 Å². The zero-order valence-electron chi connectivity index (χ0n) is 15.0. The van der Waals surface area contributed by atoms with E-state index in [9.17, 15) is 14.7 Å². The molecule has 0 aliphatic heterocycles. The molecule has 0 spiro atoms. The first-order chi connectivity index (χ1) is 11.0. The van der Waals surface area contributed by atoms with Gasteiger partial charge in [0.05, 0.1) is 0 Å². The van der Waals surface area contributed by atoms with Crippen LogP contribution in [0.3, 0.4) is 0 Å². The highest BCUT2D eigenvalue weighted by Gasteiger charge is 2.22. The van der Waals surface area contributed by atoms with E-state index in [2.05, 4.69) is 26.1 Å². The van der Waals surface area contributed by atoms with E-state index in [1.54, 1.807) is 32.9 Å². The van der Waals surface area contributed by atoms with Gasteiger partial charge in [0, 0.05) is 10.1 Å². The maximum absolute atomic E-state index is 11.8. The third kappa shape index (κ3) is 6.20. The second kappa shape index (κ2) is 8.15. The van der Waals surface area contributed by atoms with Crippen LogP contribution in [-0.4, -0.2) is 22.8 Å². The zero-order chi connectivity index (χ0) is 18.5. The lowest BCUT2D eigenvalue weighted by atomic mass is 10.1. The Morgan fingerprint density at radius 2 is 1.71 bits per heavy atom. The third-order valence-electron chi connectivity index (χ3n) is 2.42. The van der Waals surface area contributed by atoms with Gasteiger partial charge >= 0.3 is 12.1 Å². The predicted octanol–water partition coefficient (Wildman–Crippen LogP) is 5.61. The van der Waals surface area contributed by atoms with Gasteiger partial charge in [0.25, 0.3) is 0 Å². The van der Waals surface area contributed by atoms with Crippen LogP contribution in [0.5, 0.6) is 0 Å². The van der Waals surface area contributed by atoms with Crippen molar-refractivity contribution in [1.29, 1.82) is 0 Å². The van der Waals surface area contributed by atoms with Crippen LogP contribution >= 0.6 is 11.3 Å². The van der Waals surface area contributed by atoms with Crippen molar-refractivity contribution in [2.75, 3.05) is 5.32 Å². The van der Waals surface area contributed by atoms with E-state index >= 15 is 0 Å². The molecule has 132 valence electrons. The van der Waals surface area contributed by atoms with Gasteiger partial charge in [-0.05, 0) is 32.8 Å². The van der Waals surface area contributed by atoms with Crippen molar-refractivity contribution >= 4 is 38.5 Å². The van der Waals surface area contributed by atoms with Gasteiger partial charge in [-0.3, -0.25) is 5.32 Å². The number of hydrogen-bond acceptors (Lipinski definition) is 4. The lowest BCUT2D eigenvalue weighted by Gasteiger charge is -2.19. The monoisotopic (exact) mass is 351 g/mol. The molecular weight excluding hydrogens is 326 g/mol. The molecule has 0 saturated heterocycles. The Bertz CT molecular complexity index is 711. The van der Waals surface area contributed by atoms with Crippen molar-refractivity contribution in [3.63, 3.8) is 0 Å². The summed E-state index contributed by atoms with van der Waals surface area (Å²) in [5.74, 6) is -0.242. The molecule has 1 aromatic heterocycles. The van der Waals surface area contributed by atoms with Gasteiger partial charge in [0.15, 0.2) is 0 Å². The van der Waals surface area contributed by atoms with Gasteiger partial charge in [-0.2, -0.15) is 0 Å². The molecule has 1 amide bonds. The minimum atomic E-state index is -1.08. The maximum atomic E-state index is 11.8. The molecule has 0 saturated carbocycles. The van der Waals surface area contributed by atoms with Crippen molar-refractivity contribution in [2.24, 2.45) is 5.92 Å². The molecule has 0 unspecified atom stereocenters. The molecule has 24 heavy (non-hydrogen) atoms. The number of fused-ring (bicyclic) bond motifs is 1. The van der Waals surface area contributed by atoms with Crippen LogP contribution in [-0.2, 0) is 4.74 Å². The fourth-order valence-corrected chi connectivity index (χ4v) is 2.82. The Labute approximate surface area is 146 Å². The predicted molar refractivity (Wildman–Crippen MR) is 99.2 cm³/mol. The van der Waals surface area contributed by atoms with Crippen molar-refractivity contribution in [1.82, 2.24) is 0 Å². The summed E-state index contributed by atoms with van der Waals surface area (Å²) < 4.78 is 5.94. The van der Waals surface area contributed by atoms with Crippen LogP contribution < -0.4 is 5.32 Å². The largest absolute Gasteiger partial charge is 0.478 e. The number of ether oxygens (including phenoxy) is 1. The summed E-state index contributed by atoms with van der Waals surface area (Å²) in [5.41, 5.74) is -0.541. The van der Waals surface area contributed by atoms with E-state index in [0.717, 1.165) is 10.6 Å². The minimum Gasteiger partial charge on any atom is -0.478 e. The maximum Gasteiger partial charge on any atom is 0.412 e. The Hall–Kier alpha value is -2.08. The number of carboxylic acids is 1. The number of nitrogens with one attached hydrogen (secondary N) is 1.